The van der Waals surface area contributed by atoms with E-state index in [4.69, 9.17) is 4.74 Å². The molecule has 6 heteroatoms. The van der Waals surface area contributed by atoms with Gasteiger partial charge in [-0.05, 0) is 39.3 Å². The summed E-state index contributed by atoms with van der Waals surface area (Å²) in [6.07, 6.45) is 1.50. The number of ether oxygens (including phenoxy) is 1. The lowest BCUT2D eigenvalue weighted by Crippen LogP contribution is -2.38. The lowest BCUT2D eigenvalue weighted by molar-refractivity contribution is -0.142. The lowest BCUT2D eigenvalue weighted by atomic mass is 9.97. The van der Waals surface area contributed by atoms with Crippen molar-refractivity contribution in [1.82, 2.24) is 9.88 Å². The molecule has 0 saturated carbocycles. The number of carboxylic acid groups (broad SMARTS) is 1. The Labute approximate surface area is 123 Å². The van der Waals surface area contributed by atoms with E-state index < -0.39 is 29.6 Å². The van der Waals surface area contributed by atoms with Crippen LogP contribution in [0.2, 0.25) is 0 Å². The normalized spacial score (nSPS) is 22.1. The summed E-state index contributed by atoms with van der Waals surface area (Å²) in [5.74, 6) is -1.58. The third-order valence-corrected chi connectivity index (χ3v) is 3.33. The van der Waals surface area contributed by atoms with Crippen molar-refractivity contribution in [2.24, 2.45) is 5.92 Å². The number of nitrogens with zero attached hydrogens (tertiary/aromatic N) is 2. The Morgan fingerprint density at radius 2 is 2.10 bits per heavy atom. The van der Waals surface area contributed by atoms with E-state index in [9.17, 15) is 14.7 Å². The van der Waals surface area contributed by atoms with E-state index in [0.717, 1.165) is 0 Å². The molecule has 1 amide bonds. The first-order chi connectivity index (χ1) is 9.79. The van der Waals surface area contributed by atoms with Crippen LogP contribution < -0.4 is 0 Å². The summed E-state index contributed by atoms with van der Waals surface area (Å²) in [5, 5.41) is 9.37. The van der Waals surface area contributed by atoms with Gasteiger partial charge in [-0.1, -0.05) is 6.07 Å². The maximum atomic E-state index is 12.3. The highest BCUT2D eigenvalue weighted by Gasteiger charge is 2.44. The Balaban J connectivity index is 2.28. The molecule has 6 nitrogen and oxygen atoms in total. The van der Waals surface area contributed by atoms with Gasteiger partial charge in [0.15, 0.2) is 0 Å². The zero-order chi connectivity index (χ0) is 15.6. The Kier molecular flexibility index (Phi) is 4.16. The molecule has 1 N–H and O–H groups in total. The van der Waals surface area contributed by atoms with Gasteiger partial charge in [-0.2, -0.15) is 0 Å². The summed E-state index contributed by atoms with van der Waals surface area (Å²) >= 11 is 0. The fourth-order valence-corrected chi connectivity index (χ4v) is 2.49. The van der Waals surface area contributed by atoms with Crippen molar-refractivity contribution in [3.63, 3.8) is 0 Å². The molecular weight excluding hydrogens is 272 g/mol. The molecule has 0 spiro atoms. The average molecular weight is 292 g/mol. The third kappa shape index (κ3) is 3.51. The molecule has 0 bridgehead atoms. The minimum atomic E-state index is -0.920. The fourth-order valence-electron chi connectivity index (χ4n) is 2.49. The van der Waals surface area contributed by atoms with Crippen LogP contribution >= 0.6 is 0 Å². The topological polar surface area (TPSA) is 79.7 Å². The van der Waals surface area contributed by atoms with Crippen molar-refractivity contribution in [2.75, 3.05) is 6.54 Å². The average Bonchev–Trinajstić information content (AvgIpc) is 2.82. The van der Waals surface area contributed by atoms with Crippen molar-refractivity contribution in [3.8, 4) is 0 Å². The molecule has 1 saturated heterocycles. The van der Waals surface area contributed by atoms with Crippen LogP contribution in [0.3, 0.4) is 0 Å². The molecule has 2 atom stereocenters. The maximum Gasteiger partial charge on any atom is 0.410 e. The number of likely N-dealkylation sites (tertiary alicyclic amines) is 1. The summed E-state index contributed by atoms with van der Waals surface area (Å²) in [5.41, 5.74) is -0.0409. The van der Waals surface area contributed by atoms with Crippen molar-refractivity contribution >= 4 is 12.1 Å². The number of rotatable bonds is 2. The third-order valence-electron chi connectivity index (χ3n) is 3.33. The summed E-state index contributed by atoms with van der Waals surface area (Å²) in [6, 6.07) is 4.70. The highest BCUT2D eigenvalue weighted by molar-refractivity contribution is 5.75. The van der Waals surface area contributed by atoms with Crippen molar-refractivity contribution < 1.29 is 19.4 Å². The van der Waals surface area contributed by atoms with E-state index in [1.165, 1.54) is 4.90 Å². The molecule has 2 rings (SSSR count). The Morgan fingerprint density at radius 1 is 1.38 bits per heavy atom. The number of carboxylic acids is 1. The van der Waals surface area contributed by atoms with Crippen LogP contribution in [-0.2, 0) is 9.53 Å². The molecule has 1 aromatic rings. The minimum absolute atomic E-state index is 0.354. The quantitative estimate of drug-likeness (QED) is 0.905. The van der Waals surface area contributed by atoms with Crippen LogP contribution in [0.4, 0.5) is 4.79 Å². The van der Waals surface area contributed by atoms with Crippen LogP contribution in [0, 0.1) is 5.92 Å². The predicted molar refractivity (Wildman–Crippen MR) is 75.7 cm³/mol. The van der Waals surface area contributed by atoms with Gasteiger partial charge in [0, 0.05) is 12.7 Å². The zero-order valence-corrected chi connectivity index (χ0v) is 12.4. The van der Waals surface area contributed by atoms with Crippen LogP contribution in [0.1, 0.15) is 38.9 Å². The molecule has 1 fully saturated rings. The number of hydrogen-bond donors (Lipinski definition) is 1. The first kappa shape index (κ1) is 15.3. The van der Waals surface area contributed by atoms with E-state index in [1.807, 2.05) is 0 Å². The van der Waals surface area contributed by atoms with Gasteiger partial charge in [-0.15, -0.1) is 0 Å². The van der Waals surface area contributed by atoms with Gasteiger partial charge >= 0.3 is 12.1 Å². The number of aromatic nitrogens is 1. The number of aliphatic carboxylic acids is 1. The maximum absolute atomic E-state index is 12.3. The van der Waals surface area contributed by atoms with Crippen LogP contribution in [0.15, 0.2) is 24.4 Å². The molecule has 1 aromatic heterocycles. The molecule has 0 radical (unpaired) electrons. The molecule has 0 aliphatic carbocycles. The van der Waals surface area contributed by atoms with Gasteiger partial charge < -0.3 is 9.84 Å². The summed E-state index contributed by atoms with van der Waals surface area (Å²) in [4.78, 5) is 29.4. The monoisotopic (exact) mass is 292 g/mol. The van der Waals surface area contributed by atoms with Crippen molar-refractivity contribution in [2.45, 2.75) is 38.8 Å². The van der Waals surface area contributed by atoms with Gasteiger partial charge in [-0.25, -0.2) is 4.79 Å². The standard InChI is InChI=1S/C15H20N2O4/c1-15(2,3)21-14(20)17-9-7-10(13(18)19)12(17)11-6-4-5-8-16-11/h4-6,8,10,12H,7,9H2,1-3H3,(H,18,19)/t10-,12+/m0/s1. The van der Waals surface area contributed by atoms with Gasteiger partial charge in [0.25, 0.3) is 0 Å². The lowest BCUT2D eigenvalue weighted by Gasteiger charge is -2.29. The highest BCUT2D eigenvalue weighted by atomic mass is 16.6. The predicted octanol–water partition coefficient (Wildman–Crippen LogP) is 2.46. The molecule has 0 aromatic carbocycles. The first-order valence-corrected chi connectivity index (χ1v) is 6.93. The summed E-state index contributed by atoms with van der Waals surface area (Å²) in [6.45, 7) is 5.70. The number of carbonyl (C=O) groups is 2. The summed E-state index contributed by atoms with van der Waals surface area (Å²) < 4.78 is 5.37. The molecule has 21 heavy (non-hydrogen) atoms. The van der Waals surface area contributed by atoms with E-state index >= 15 is 0 Å². The second kappa shape index (κ2) is 5.71. The van der Waals surface area contributed by atoms with Gasteiger partial charge in [0.05, 0.1) is 17.7 Å². The van der Waals surface area contributed by atoms with Gasteiger partial charge in [0.1, 0.15) is 5.60 Å². The molecule has 114 valence electrons. The van der Waals surface area contributed by atoms with E-state index in [1.54, 1.807) is 45.2 Å². The van der Waals surface area contributed by atoms with E-state index in [-0.39, 0.29) is 0 Å². The number of pyridine rings is 1. The van der Waals surface area contributed by atoms with Crippen molar-refractivity contribution in [1.29, 1.82) is 0 Å². The highest BCUT2D eigenvalue weighted by Crippen LogP contribution is 2.37. The fraction of sp³-hybridized carbons (Fsp3) is 0.533. The van der Waals surface area contributed by atoms with Crippen molar-refractivity contribution in [3.05, 3.63) is 30.1 Å². The number of amides is 1. The molecular formula is C15H20N2O4. The van der Waals surface area contributed by atoms with Crippen LogP contribution in [-0.4, -0.2) is 39.2 Å². The van der Waals surface area contributed by atoms with Gasteiger partial charge in [-0.3, -0.25) is 14.7 Å². The SMILES string of the molecule is CC(C)(C)OC(=O)N1CC[C@H](C(=O)O)[C@@H]1c1ccccn1. The second-order valence-corrected chi connectivity index (χ2v) is 6.11. The zero-order valence-electron chi connectivity index (χ0n) is 12.4. The van der Waals surface area contributed by atoms with Crippen LogP contribution in [0.25, 0.3) is 0 Å². The molecule has 1 aliphatic heterocycles. The summed E-state index contributed by atoms with van der Waals surface area (Å²) in [7, 11) is 0. The Hall–Kier alpha value is -2.11. The number of hydrogen-bond acceptors (Lipinski definition) is 4. The Morgan fingerprint density at radius 3 is 2.62 bits per heavy atom. The smallest absolute Gasteiger partial charge is 0.410 e. The van der Waals surface area contributed by atoms with Crippen LogP contribution in [0.5, 0.6) is 0 Å². The Bertz CT molecular complexity index is 524. The molecule has 0 unspecified atom stereocenters. The minimum Gasteiger partial charge on any atom is -0.481 e. The molecule has 1 aliphatic rings. The molecule has 2 heterocycles. The van der Waals surface area contributed by atoms with Gasteiger partial charge in [0.2, 0.25) is 0 Å². The number of carbonyl (C=O) groups excluding carboxylic acids is 1. The first-order valence-electron chi connectivity index (χ1n) is 6.93. The van der Waals surface area contributed by atoms with E-state index in [0.29, 0.717) is 18.7 Å². The largest absolute Gasteiger partial charge is 0.481 e. The second-order valence-electron chi connectivity index (χ2n) is 6.11. The van der Waals surface area contributed by atoms with E-state index in [2.05, 4.69) is 4.98 Å².